The van der Waals surface area contributed by atoms with Crippen LogP contribution in [0.1, 0.15) is 50.7 Å². The molecular formula is C15H26N2O. The Labute approximate surface area is 110 Å². The molecule has 2 N–H and O–H groups in total. The average Bonchev–Trinajstić information content (AvgIpc) is 2.79. The van der Waals surface area contributed by atoms with Crippen LogP contribution < -0.4 is 5.73 Å². The van der Waals surface area contributed by atoms with E-state index in [9.17, 15) is 0 Å². The zero-order valence-electron chi connectivity index (χ0n) is 11.9. The molecule has 0 amide bonds. The number of nitrogens with two attached hydrogens (primary N) is 1. The van der Waals surface area contributed by atoms with Crippen molar-refractivity contribution in [1.29, 1.82) is 0 Å². The molecule has 3 heteroatoms. The van der Waals surface area contributed by atoms with Crippen LogP contribution in [0.15, 0.2) is 16.5 Å². The maximum atomic E-state index is 5.94. The van der Waals surface area contributed by atoms with Crippen LogP contribution in [0.2, 0.25) is 0 Å². The van der Waals surface area contributed by atoms with Crippen molar-refractivity contribution in [3.05, 3.63) is 23.7 Å². The number of piperidine rings is 1. The van der Waals surface area contributed by atoms with E-state index < -0.39 is 0 Å². The van der Waals surface area contributed by atoms with Crippen LogP contribution in [0.4, 0.5) is 0 Å². The van der Waals surface area contributed by atoms with Crippen molar-refractivity contribution in [3.8, 4) is 0 Å². The molecule has 0 aliphatic carbocycles. The van der Waals surface area contributed by atoms with E-state index in [0.29, 0.717) is 12.0 Å². The predicted octanol–water partition coefficient (Wildman–Crippen LogP) is 3.10. The van der Waals surface area contributed by atoms with E-state index in [1.807, 2.05) is 13.0 Å². The molecule has 3 nitrogen and oxygen atoms in total. The summed E-state index contributed by atoms with van der Waals surface area (Å²) in [6.07, 6.45) is 3.80. The minimum absolute atomic E-state index is 0.250. The lowest BCUT2D eigenvalue weighted by Gasteiger charge is -2.41. The Hall–Kier alpha value is -0.800. The van der Waals surface area contributed by atoms with Crippen LogP contribution in [-0.4, -0.2) is 24.5 Å². The summed E-state index contributed by atoms with van der Waals surface area (Å²) >= 11 is 0. The van der Waals surface area contributed by atoms with Gasteiger partial charge in [-0.3, -0.25) is 4.90 Å². The Bertz CT molecular complexity index is 378. The largest absolute Gasteiger partial charge is 0.465 e. The van der Waals surface area contributed by atoms with E-state index in [-0.39, 0.29) is 6.04 Å². The maximum absolute atomic E-state index is 5.94. The summed E-state index contributed by atoms with van der Waals surface area (Å²) in [4.78, 5) is 2.48. The van der Waals surface area contributed by atoms with Crippen LogP contribution in [0, 0.1) is 12.3 Å². The summed E-state index contributed by atoms with van der Waals surface area (Å²) in [6.45, 7) is 9.58. The topological polar surface area (TPSA) is 42.4 Å². The fourth-order valence-electron chi connectivity index (χ4n) is 2.81. The maximum Gasteiger partial charge on any atom is 0.122 e. The quantitative estimate of drug-likeness (QED) is 0.893. The molecule has 18 heavy (non-hydrogen) atoms. The van der Waals surface area contributed by atoms with E-state index in [1.165, 1.54) is 19.3 Å². The second kappa shape index (κ2) is 5.45. The summed E-state index contributed by atoms with van der Waals surface area (Å²) in [5.41, 5.74) is 6.47. The molecule has 1 unspecified atom stereocenters. The van der Waals surface area contributed by atoms with Gasteiger partial charge in [0.05, 0.1) is 6.04 Å². The van der Waals surface area contributed by atoms with Gasteiger partial charge in [-0.25, -0.2) is 0 Å². The van der Waals surface area contributed by atoms with E-state index in [2.05, 4.69) is 24.8 Å². The van der Waals surface area contributed by atoms with Crippen LogP contribution in [0.5, 0.6) is 0 Å². The molecule has 0 radical (unpaired) electrons. The monoisotopic (exact) mass is 250 g/mol. The number of likely N-dealkylation sites (tertiary alicyclic amines) is 1. The van der Waals surface area contributed by atoms with Gasteiger partial charge in [0, 0.05) is 6.54 Å². The fourth-order valence-corrected chi connectivity index (χ4v) is 2.81. The summed E-state index contributed by atoms with van der Waals surface area (Å²) in [5, 5.41) is 0. The summed E-state index contributed by atoms with van der Waals surface area (Å²) in [6, 6.07) is 4.35. The first-order chi connectivity index (χ1) is 8.58. The zero-order valence-corrected chi connectivity index (χ0v) is 11.9. The highest BCUT2D eigenvalue weighted by molar-refractivity contribution is 5.10. The molecule has 0 bridgehead atoms. The normalized spacial score (nSPS) is 22.0. The molecule has 0 spiro atoms. The van der Waals surface area contributed by atoms with Gasteiger partial charge in [-0.1, -0.05) is 20.3 Å². The molecule has 2 heterocycles. The van der Waals surface area contributed by atoms with Gasteiger partial charge >= 0.3 is 0 Å². The first-order valence-electron chi connectivity index (χ1n) is 7.08. The molecular weight excluding hydrogens is 224 g/mol. The van der Waals surface area contributed by atoms with Crippen molar-refractivity contribution in [3.63, 3.8) is 0 Å². The third kappa shape index (κ3) is 2.78. The summed E-state index contributed by atoms with van der Waals surface area (Å²) < 4.78 is 5.75. The molecule has 1 saturated heterocycles. The smallest absolute Gasteiger partial charge is 0.122 e. The lowest BCUT2D eigenvalue weighted by atomic mass is 9.78. The first-order valence-corrected chi connectivity index (χ1v) is 7.08. The lowest BCUT2D eigenvalue weighted by Crippen LogP contribution is -2.42. The SMILES string of the molecule is CCC1(C)CCN(C(CN)c2ccc(C)o2)CC1. The number of nitrogens with zero attached hydrogens (tertiary/aromatic N) is 1. The van der Waals surface area contributed by atoms with Crippen molar-refractivity contribution in [2.75, 3.05) is 19.6 Å². The number of aryl methyl sites for hydroxylation is 1. The van der Waals surface area contributed by atoms with Gasteiger partial charge in [0.2, 0.25) is 0 Å². The molecule has 1 atom stereocenters. The highest BCUT2D eigenvalue weighted by Gasteiger charge is 2.32. The van der Waals surface area contributed by atoms with Crippen LogP contribution in [-0.2, 0) is 0 Å². The third-order valence-corrected chi connectivity index (χ3v) is 4.61. The third-order valence-electron chi connectivity index (χ3n) is 4.61. The van der Waals surface area contributed by atoms with Crippen LogP contribution >= 0.6 is 0 Å². The van der Waals surface area contributed by atoms with Crippen LogP contribution in [0.25, 0.3) is 0 Å². The highest BCUT2D eigenvalue weighted by Crippen LogP contribution is 2.36. The Kier molecular flexibility index (Phi) is 4.13. The van der Waals surface area contributed by atoms with Gasteiger partial charge < -0.3 is 10.2 Å². The zero-order chi connectivity index (χ0) is 13.2. The molecule has 102 valence electrons. The Morgan fingerprint density at radius 2 is 2.06 bits per heavy atom. The highest BCUT2D eigenvalue weighted by atomic mass is 16.3. The molecule has 0 aromatic carbocycles. The average molecular weight is 250 g/mol. The lowest BCUT2D eigenvalue weighted by molar-refractivity contribution is 0.0745. The van der Waals surface area contributed by atoms with Gasteiger partial charge in [0.15, 0.2) is 0 Å². The summed E-state index contributed by atoms with van der Waals surface area (Å²) in [7, 11) is 0. The number of hydrogen-bond acceptors (Lipinski definition) is 3. The standard InChI is InChI=1S/C15H26N2O/c1-4-15(3)7-9-17(10-8-15)13(11-16)14-6-5-12(2)18-14/h5-6,13H,4,7-11,16H2,1-3H3. The van der Waals surface area contributed by atoms with Crippen molar-refractivity contribution in [1.82, 2.24) is 4.90 Å². The second-order valence-electron chi connectivity index (χ2n) is 5.90. The van der Waals surface area contributed by atoms with Crippen molar-refractivity contribution >= 4 is 0 Å². The molecule has 1 aromatic rings. The van der Waals surface area contributed by atoms with Gasteiger partial charge in [-0.05, 0) is 50.4 Å². The molecule has 1 aliphatic rings. The fraction of sp³-hybridized carbons (Fsp3) is 0.733. The molecule has 0 saturated carbocycles. The Morgan fingerprint density at radius 1 is 1.39 bits per heavy atom. The number of rotatable bonds is 4. The molecule has 1 aromatic heterocycles. The van der Waals surface area contributed by atoms with E-state index in [0.717, 1.165) is 24.6 Å². The van der Waals surface area contributed by atoms with Crippen molar-refractivity contribution < 1.29 is 4.42 Å². The second-order valence-corrected chi connectivity index (χ2v) is 5.90. The molecule has 1 fully saturated rings. The predicted molar refractivity (Wildman–Crippen MR) is 74.4 cm³/mol. The van der Waals surface area contributed by atoms with E-state index in [4.69, 9.17) is 10.2 Å². The van der Waals surface area contributed by atoms with Gasteiger partial charge in [-0.2, -0.15) is 0 Å². The van der Waals surface area contributed by atoms with Gasteiger partial charge in [-0.15, -0.1) is 0 Å². The minimum atomic E-state index is 0.250. The van der Waals surface area contributed by atoms with Crippen molar-refractivity contribution in [2.45, 2.75) is 46.1 Å². The minimum Gasteiger partial charge on any atom is -0.465 e. The molecule has 2 rings (SSSR count). The van der Waals surface area contributed by atoms with E-state index in [1.54, 1.807) is 0 Å². The number of hydrogen-bond donors (Lipinski definition) is 1. The van der Waals surface area contributed by atoms with E-state index >= 15 is 0 Å². The Balaban J connectivity index is 2.03. The summed E-state index contributed by atoms with van der Waals surface area (Å²) in [5.74, 6) is 1.99. The van der Waals surface area contributed by atoms with Gasteiger partial charge in [0.1, 0.15) is 11.5 Å². The first kappa shape index (κ1) is 13.6. The van der Waals surface area contributed by atoms with Crippen molar-refractivity contribution in [2.24, 2.45) is 11.1 Å². The number of furan rings is 1. The van der Waals surface area contributed by atoms with Crippen LogP contribution in [0.3, 0.4) is 0 Å². The van der Waals surface area contributed by atoms with Gasteiger partial charge in [0.25, 0.3) is 0 Å². The Morgan fingerprint density at radius 3 is 2.50 bits per heavy atom. The molecule has 1 aliphatic heterocycles.